The molecule has 0 spiro atoms. The van der Waals surface area contributed by atoms with Crippen molar-refractivity contribution in [2.24, 2.45) is 0 Å². The Labute approximate surface area is 75.7 Å². The van der Waals surface area contributed by atoms with Gasteiger partial charge in [-0.2, -0.15) is 0 Å². The minimum absolute atomic E-state index is 0. The fraction of sp³-hybridized carbons (Fsp3) is 0.400. The van der Waals surface area contributed by atoms with E-state index in [4.69, 9.17) is 4.79 Å². The van der Waals surface area contributed by atoms with Crippen molar-refractivity contribution in [1.29, 1.82) is 0 Å². The van der Waals surface area contributed by atoms with Gasteiger partial charge in [0.1, 0.15) is 6.29 Å². The number of carbonyl (C=O) groups excluding carboxylic acids is 1. The van der Waals surface area contributed by atoms with Crippen LogP contribution >= 0.6 is 0 Å². The third kappa shape index (κ3) is 23.2. The Balaban J connectivity index is -0.000000119. The quantitative estimate of drug-likeness (QED) is 0.559. The number of hydrogen-bond donors (Lipinski definition) is 0. The topological polar surface area (TPSA) is 30.0 Å². The second-order valence-corrected chi connectivity index (χ2v) is 1.26. The third-order valence-electron chi connectivity index (χ3n) is 0.566. The van der Waals surface area contributed by atoms with Gasteiger partial charge in [-0.1, -0.05) is 27.3 Å². The van der Waals surface area contributed by atoms with E-state index < -0.39 is 0 Å². The molecule has 1 rings (SSSR count). The van der Waals surface area contributed by atoms with E-state index in [1.54, 1.807) is 12.4 Å². The largest absolute Gasteiger partial charge is 0.304 e. The first-order chi connectivity index (χ1) is 5.41. The van der Waals surface area contributed by atoms with Crippen LogP contribution in [0.4, 0.5) is 0 Å². The highest BCUT2D eigenvalue weighted by Gasteiger charge is 1.58. The Hall–Kier alpha value is -1.18. The van der Waals surface area contributed by atoms with E-state index in [1.165, 1.54) is 6.92 Å². The molecule has 0 saturated carbocycles. The SMILES string of the molecule is C.CC.CC=O.c1ccncc1. The van der Waals surface area contributed by atoms with Crippen LogP contribution < -0.4 is 0 Å². The van der Waals surface area contributed by atoms with Crippen LogP contribution in [0.3, 0.4) is 0 Å². The van der Waals surface area contributed by atoms with Crippen LogP contribution in [-0.4, -0.2) is 11.3 Å². The van der Waals surface area contributed by atoms with Crippen molar-refractivity contribution in [2.75, 3.05) is 0 Å². The zero-order valence-electron chi connectivity index (χ0n) is 7.32. The molecule has 0 radical (unpaired) electrons. The normalized spacial score (nSPS) is 5.58. The van der Waals surface area contributed by atoms with E-state index in [0.717, 1.165) is 6.29 Å². The van der Waals surface area contributed by atoms with Crippen molar-refractivity contribution >= 4 is 6.29 Å². The van der Waals surface area contributed by atoms with Crippen LogP contribution in [0.1, 0.15) is 28.2 Å². The Kier molecular flexibility index (Phi) is 32.1. The summed E-state index contributed by atoms with van der Waals surface area (Å²) < 4.78 is 0. The summed E-state index contributed by atoms with van der Waals surface area (Å²) in [4.78, 5) is 12.6. The summed E-state index contributed by atoms with van der Waals surface area (Å²) in [6.07, 6.45) is 4.25. The molecule has 1 heterocycles. The standard InChI is InChI=1S/C5H5N.C2H4O.C2H6.CH4/c1-2-4-6-5-3-1;1-2-3;1-2;/h1-5H;2H,1H3;1-2H3;1H4. The molecule has 0 bridgehead atoms. The first kappa shape index (κ1) is 17.1. The van der Waals surface area contributed by atoms with Gasteiger partial charge in [-0.3, -0.25) is 4.98 Å². The number of aldehydes is 1. The fourth-order valence-corrected chi connectivity index (χ4v) is 0.313. The summed E-state index contributed by atoms with van der Waals surface area (Å²) >= 11 is 0. The van der Waals surface area contributed by atoms with Gasteiger partial charge in [-0.15, -0.1) is 0 Å². The molecule has 0 aliphatic heterocycles. The fourth-order valence-electron chi connectivity index (χ4n) is 0.313. The maximum atomic E-state index is 8.81. The molecule has 1 aromatic rings. The minimum atomic E-state index is 0. The molecule has 1 aromatic heterocycles. The van der Waals surface area contributed by atoms with E-state index in [1.807, 2.05) is 32.0 Å². The third-order valence-corrected chi connectivity index (χ3v) is 0.566. The van der Waals surface area contributed by atoms with E-state index in [-0.39, 0.29) is 7.43 Å². The van der Waals surface area contributed by atoms with Gasteiger partial charge in [0.2, 0.25) is 0 Å². The minimum Gasteiger partial charge on any atom is -0.304 e. The van der Waals surface area contributed by atoms with Gasteiger partial charge in [0.05, 0.1) is 0 Å². The van der Waals surface area contributed by atoms with Gasteiger partial charge >= 0.3 is 0 Å². The van der Waals surface area contributed by atoms with Gasteiger partial charge in [-0.25, -0.2) is 0 Å². The lowest BCUT2D eigenvalue weighted by molar-refractivity contribution is -0.106. The number of rotatable bonds is 0. The summed E-state index contributed by atoms with van der Waals surface area (Å²) in [5, 5.41) is 0. The van der Waals surface area contributed by atoms with Crippen LogP contribution in [0, 0.1) is 0 Å². The average Bonchev–Trinajstić information content (AvgIpc) is 2.12. The van der Waals surface area contributed by atoms with Gasteiger partial charge in [-0.05, 0) is 19.1 Å². The second-order valence-electron chi connectivity index (χ2n) is 1.26. The molecule has 2 nitrogen and oxygen atoms in total. The van der Waals surface area contributed by atoms with Gasteiger partial charge in [0.25, 0.3) is 0 Å². The molecular weight excluding hydrogens is 150 g/mol. The lowest BCUT2D eigenvalue weighted by atomic mass is 10.5. The molecule has 0 saturated heterocycles. The average molecular weight is 169 g/mol. The van der Waals surface area contributed by atoms with E-state index >= 15 is 0 Å². The van der Waals surface area contributed by atoms with E-state index in [9.17, 15) is 0 Å². The molecule has 0 N–H and O–H groups in total. The highest BCUT2D eigenvalue weighted by atomic mass is 16.1. The number of aromatic nitrogens is 1. The maximum Gasteiger partial charge on any atom is 0.116 e. The predicted molar refractivity (Wildman–Crippen MR) is 54.1 cm³/mol. The molecule has 0 aliphatic carbocycles. The van der Waals surface area contributed by atoms with Crippen molar-refractivity contribution in [2.45, 2.75) is 28.2 Å². The van der Waals surface area contributed by atoms with Gasteiger partial charge < -0.3 is 4.79 Å². The van der Waals surface area contributed by atoms with Crippen molar-refractivity contribution in [3.63, 3.8) is 0 Å². The zero-order chi connectivity index (χ0) is 8.95. The number of pyridine rings is 1. The lowest BCUT2D eigenvalue weighted by Crippen LogP contribution is -1.58. The molecule has 70 valence electrons. The van der Waals surface area contributed by atoms with Gasteiger partial charge in [0.15, 0.2) is 0 Å². The Morgan fingerprint density at radius 1 is 1.08 bits per heavy atom. The van der Waals surface area contributed by atoms with Crippen molar-refractivity contribution in [3.05, 3.63) is 30.6 Å². The summed E-state index contributed by atoms with van der Waals surface area (Å²) in [5.41, 5.74) is 0. The highest BCUT2D eigenvalue weighted by molar-refractivity contribution is 5.44. The summed E-state index contributed by atoms with van der Waals surface area (Å²) in [7, 11) is 0. The second kappa shape index (κ2) is 22.6. The molecule has 0 fully saturated rings. The highest BCUT2D eigenvalue weighted by Crippen LogP contribution is 1.73. The number of nitrogens with zero attached hydrogens (tertiary/aromatic N) is 1. The summed E-state index contributed by atoms with van der Waals surface area (Å²) in [6, 6.07) is 5.72. The zero-order valence-corrected chi connectivity index (χ0v) is 7.32. The van der Waals surface area contributed by atoms with Crippen LogP contribution in [0.2, 0.25) is 0 Å². The van der Waals surface area contributed by atoms with Crippen molar-refractivity contribution < 1.29 is 4.79 Å². The number of hydrogen-bond acceptors (Lipinski definition) is 2. The van der Waals surface area contributed by atoms with Crippen molar-refractivity contribution in [3.8, 4) is 0 Å². The van der Waals surface area contributed by atoms with Crippen LogP contribution in [0.25, 0.3) is 0 Å². The smallest absolute Gasteiger partial charge is 0.116 e. The molecule has 12 heavy (non-hydrogen) atoms. The van der Waals surface area contributed by atoms with Gasteiger partial charge in [0, 0.05) is 12.4 Å². The molecule has 0 aliphatic rings. The molecule has 0 atom stereocenters. The first-order valence-electron chi connectivity index (χ1n) is 3.66. The Bertz CT molecular complexity index is 113. The van der Waals surface area contributed by atoms with E-state index in [2.05, 4.69) is 4.98 Å². The van der Waals surface area contributed by atoms with Crippen LogP contribution in [-0.2, 0) is 4.79 Å². The monoisotopic (exact) mass is 169 g/mol. The predicted octanol–water partition coefficient (Wildman–Crippen LogP) is 2.95. The molecular formula is C10H19NO. The maximum absolute atomic E-state index is 8.81. The molecule has 0 aromatic carbocycles. The molecule has 0 amide bonds. The Morgan fingerprint density at radius 3 is 1.50 bits per heavy atom. The van der Waals surface area contributed by atoms with Crippen LogP contribution in [0.5, 0.6) is 0 Å². The number of carbonyl (C=O) groups is 1. The van der Waals surface area contributed by atoms with Crippen LogP contribution in [0.15, 0.2) is 30.6 Å². The van der Waals surface area contributed by atoms with E-state index in [0.29, 0.717) is 0 Å². The molecule has 2 heteroatoms. The Morgan fingerprint density at radius 2 is 1.42 bits per heavy atom. The summed E-state index contributed by atoms with van der Waals surface area (Å²) in [6.45, 7) is 5.44. The first-order valence-corrected chi connectivity index (χ1v) is 3.66. The summed E-state index contributed by atoms with van der Waals surface area (Å²) in [5.74, 6) is 0. The molecule has 0 unspecified atom stereocenters. The van der Waals surface area contributed by atoms with Crippen molar-refractivity contribution in [1.82, 2.24) is 4.98 Å². The lowest BCUT2D eigenvalue weighted by Gasteiger charge is -1.70.